The molecule has 2 aromatic rings. The van der Waals surface area contributed by atoms with Crippen molar-refractivity contribution in [2.45, 2.75) is 6.54 Å². The number of halogens is 1. The van der Waals surface area contributed by atoms with E-state index in [-0.39, 0.29) is 5.75 Å². The van der Waals surface area contributed by atoms with Crippen LogP contribution in [0.3, 0.4) is 0 Å². The van der Waals surface area contributed by atoms with E-state index < -0.39 is 18.1 Å². The second-order valence-corrected chi connectivity index (χ2v) is 4.39. The minimum Gasteiger partial charge on any atom is -0.494 e. The predicted octanol–water partition coefficient (Wildman–Crippen LogP) is 1.66. The minimum atomic E-state index is -1.15. The first-order chi connectivity index (χ1) is 9.51. The van der Waals surface area contributed by atoms with Gasteiger partial charge in [0, 0.05) is 16.7 Å². The molecule has 6 nitrogen and oxygen atoms in total. The third-order valence-corrected chi connectivity index (χ3v) is 2.84. The van der Waals surface area contributed by atoms with Gasteiger partial charge in [0.25, 0.3) is 5.56 Å². The standard InChI is InChI=1S/C13H11ClN2O4/c1-20-10-6-11(17)16(7-12(18)19)15-13(10)8-2-4-9(14)5-3-8/h2-6H,7H2,1H3,(H,18,19). The quantitative estimate of drug-likeness (QED) is 0.927. The summed E-state index contributed by atoms with van der Waals surface area (Å²) in [4.78, 5) is 22.4. The molecule has 0 aliphatic rings. The molecule has 1 aromatic heterocycles. The van der Waals surface area contributed by atoms with Gasteiger partial charge in [0.2, 0.25) is 0 Å². The highest BCUT2D eigenvalue weighted by Gasteiger charge is 2.13. The van der Waals surface area contributed by atoms with E-state index in [1.54, 1.807) is 24.3 Å². The lowest BCUT2D eigenvalue weighted by Crippen LogP contribution is -2.26. The molecule has 104 valence electrons. The molecule has 20 heavy (non-hydrogen) atoms. The van der Waals surface area contributed by atoms with Gasteiger partial charge in [0.1, 0.15) is 12.2 Å². The summed E-state index contributed by atoms with van der Waals surface area (Å²) >= 11 is 5.81. The van der Waals surface area contributed by atoms with Gasteiger partial charge in [-0.2, -0.15) is 5.10 Å². The van der Waals surface area contributed by atoms with Crippen LogP contribution in [0.4, 0.5) is 0 Å². The third-order valence-electron chi connectivity index (χ3n) is 2.59. The number of benzene rings is 1. The number of ether oxygens (including phenoxy) is 1. The van der Waals surface area contributed by atoms with E-state index in [4.69, 9.17) is 21.4 Å². The summed E-state index contributed by atoms with van der Waals surface area (Å²) in [6.07, 6.45) is 0. The number of aromatic nitrogens is 2. The van der Waals surface area contributed by atoms with Crippen LogP contribution in [0, 0.1) is 0 Å². The highest BCUT2D eigenvalue weighted by atomic mass is 35.5. The molecule has 0 aliphatic carbocycles. The van der Waals surface area contributed by atoms with Crippen LogP contribution >= 0.6 is 11.6 Å². The van der Waals surface area contributed by atoms with E-state index in [9.17, 15) is 9.59 Å². The second kappa shape index (κ2) is 5.75. The van der Waals surface area contributed by atoms with E-state index in [0.29, 0.717) is 16.3 Å². The first-order valence-corrected chi connectivity index (χ1v) is 6.03. The normalized spacial score (nSPS) is 10.3. The highest BCUT2D eigenvalue weighted by molar-refractivity contribution is 6.30. The van der Waals surface area contributed by atoms with Gasteiger partial charge in [-0.15, -0.1) is 0 Å². The molecular weight excluding hydrogens is 284 g/mol. The molecule has 2 rings (SSSR count). The molecule has 0 saturated heterocycles. The number of carboxylic acid groups (broad SMARTS) is 1. The lowest BCUT2D eigenvalue weighted by Gasteiger charge is -2.10. The molecular formula is C13H11ClN2O4. The van der Waals surface area contributed by atoms with Gasteiger partial charge in [0.15, 0.2) is 5.75 Å². The summed E-state index contributed by atoms with van der Waals surface area (Å²) < 4.78 is 5.98. The Bertz CT molecular complexity index is 695. The van der Waals surface area contributed by atoms with E-state index in [1.165, 1.54) is 13.2 Å². The zero-order valence-corrected chi connectivity index (χ0v) is 11.3. The molecule has 0 atom stereocenters. The lowest BCUT2D eigenvalue weighted by atomic mass is 10.1. The first-order valence-electron chi connectivity index (χ1n) is 5.65. The monoisotopic (exact) mass is 294 g/mol. The second-order valence-electron chi connectivity index (χ2n) is 3.96. The maximum absolute atomic E-state index is 11.7. The van der Waals surface area contributed by atoms with Gasteiger partial charge >= 0.3 is 5.97 Å². The summed E-state index contributed by atoms with van der Waals surface area (Å²) in [7, 11) is 1.41. The van der Waals surface area contributed by atoms with E-state index in [1.807, 2.05) is 0 Å². The van der Waals surface area contributed by atoms with Gasteiger partial charge in [-0.05, 0) is 12.1 Å². The molecule has 0 bridgehead atoms. The van der Waals surface area contributed by atoms with E-state index in [2.05, 4.69) is 5.10 Å². The van der Waals surface area contributed by atoms with Gasteiger partial charge in [-0.25, -0.2) is 4.68 Å². The Hall–Kier alpha value is -2.34. The third kappa shape index (κ3) is 2.97. The lowest BCUT2D eigenvalue weighted by molar-refractivity contribution is -0.138. The van der Waals surface area contributed by atoms with Crippen LogP contribution in [0.25, 0.3) is 11.3 Å². The molecule has 0 spiro atoms. The minimum absolute atomic E-state index is 0.277. The van der Waals surface area contributed by atoms with Crippen molar-refractivity contribution in [3.8, 4) is 17.0 Å². The molecule has 0 saturated carbocycles. The summed E-state index contributed by atoms with van der Waals surface area (Å²) in [5.41, 5.74) is 0.511. The number of hydrogen-bond acceptors (Lipinski definition) is 4. The molecule has 1 aromatic carbocycles. The molecule has 1 N–H and O–H groups in total. The Kier molecular flexibility index (Phi) is 4.05. The average Bonchev–Trinajstić information content (AvgIpc) is 2.41. The smallest absolute Gasteiger partial charge is 0.325 e. The van der Waals surface area contributed by atoms with Crippen molar-refractivity contribution in [3.63, 3.8) is 0 Å². The summed E-state index contributed by atoms with van der Waals surface area (Å²) in [6, 6.07) is 7.97. The number of rotatable bonds is 4. The first kappa shape index (κ1) is 14.1. The van der Waals surface area contributed by atoms with Crippen molar-refractivity contribution in [2.24, 2.45) is 0 Å². The molecule has 7 heteroatoms. The summed E-state index contributed by atoms with van der Waals surface area (Å²) in [6.45, 7) is -0.510. The zero-order chi connectivity index (χ0) is 14.7. The van der Waals surface area contributed by atoms with Crippen LogP contribution in [0.2, 0.25) is 5.02 Å². The summed E-state index contributed by atoms with van der Waals surface area (Å²) in [5, 5.41) is 13.4. The van der Waals surface area contributed by atoms with Crippen molar-refractivity contribution in [1.29, 1.82) is 0 Å². The fourth-order valence-electron chi connectivity index (χ4n) is 1.68. The molecule has 0 unspecified atom stereocenters. The van der Waals surface area contributed by atoms with Crippen molar-refractivity contribution in [2.75, 3.05) is 7.11 Å². The number of nitrogens with zero attached hydrogens (tertiary/aromatic N) is 2. The Balaban J connectivity index is 2.57. The van der Waals surface area contributed by atoms with E-state index in [0.717, 1.165) is 4.68 Å². The van der Waals surface area contributed by atoms with Gasteiger partial charge < -0.3 is 9.84 Å². The molecule has 1 heterocycles. The van der Waals surface area contributed by atoms with Gasteiger partial charge in [-0.3, -0.25) is 9.59 Å². The van der Waals surface area contributed by atoms with Crippen LogP contribution in [-0.2, 0) is 11.3 Å². The van der Waals surface area contributed by atoms with Gasteiger partial charge in [-0.1, -0.05) is 23.7 Å². The SMILES string of the molecule is COc1cc(=O)n(CC(=O)O)nc1-c1ccc(Cl)cc1. The van der Waals surface area contributed by atoms with Crippen molar-refractivity contribution < 1.29 is 14.6 Å². The van der Waals surface area contributed by atoms with Crippen molar-refractivity contribution in [3.05, 3.63) is 45.7 Å². The van der Waals surface area contributed by atoms with Crippen molar-refractivity contribution >= 4 is 17.6 Å². The Morgan fingerprint density at radius 2 is 2.05 bits per heavy atom. The predicted molar refractivity (Wildman–Crippen MR) is 73.1 cm³/mol. The highest BCUT2D eigenvalue weighted by Crippen LogP contribution is 2.26. The number of methoxy groups -OCH3 is 1. The Morgan fingerprint density at radius 3 is 2.60 bits per heavy atom. The fraction of sp³-hybridized carbons (Fsp3) is 0.154. The number of hydrogen-bond donors (Lipinski definition) is 1. The number of carbonyl (C=O) groups is 1. The number of carboxylic acids is 1. The molecule has 0 aliphatic heterocycles. The summed E-state index contributed by atoms with van der Waals surface area (Å²) in [5.74, 6) is -0.870. The van der Waals surface area contributed by atoms with E-state index >= 15 is 0 Å². The maximum Gasteiger partial charge on any atom is 0.325 e. The zero-order valence-electron chi connectivity index (χ0n) is 10.5. The van der Waals surface area contributed by atoms with Crippen molar-refractivity contribution in [1.82, 2.24) is 9.78 Å². The van der Waals surface area contributed by atoms with Gasteiger partial charge in [0.05, 0.1) is 7.11 Å². The average molecular weight is 295 g/mol. The molecule has 0 amide bonds. The Labute approximate surface area is 119 Å². The van der Waals surface area contributed by atoms with Crippen LogP contribution < -0.4 is 10.3 Å². The van der Waals surface area contributed by atoms with Crippen LogP contribution in [0.5, 0.6) is 5.75 Å². The largest absolute Gasteiger partial charge is 0.494 e. The maximum atomic E-state index is 11.7. The number of aliphatic carboxylic acids is 1. The fourth-order valence-corrected chi connectivity index (χ4v) is 1.81. The van der Waals surface area contributed by atoms with Crippen LogP contribution in [0.1, 0.15) is 0 Å². The van der Waals surface area contributed by atoms with Crippen LogP contribution in [-0.4, -0.2) is 28.0 Å². The topological polar surface area (TPSA) is 81.4 Å². The molecule has 0 fully saturated rings. The Morgan fingerprint density at radius 1 is 1.40 bits per heavy atom. The molecule has 0 radical (unpaired) electrons. The van der Waals surface area contributed by atoms with Crippen LogP contribution in [0.15, 0.2) is 35.1 Å².